The Kier molecular flexibility index (Phi) is 4.97. The molecule has 2 aromatic carbocycles. The van der Waals surface area contributed by atoms with Gasteiger partial charge in [0.2, 0.25) is 0 Å². The van der Waals surface area contributed by atoms with Crippen LogP contribution in [-0.4, -0.2) is 37.9 Å². The van der Waals surface area contributed by atoms with Crippen LogP contribution in [-0.2, 0) is 16.4 Å². The van der Waals surface area contributed by atoms with E-state index >= 15 is 0 Å². The molecular weight excluding hydrogens is 324 g/mol. The number of quaternary nitrogens is 1. The predicted octanol–water partition coefficient (Wildman–Crippen LogP) is 0.346. The van der Waals surface area contributed by atoms with Gasteiger partial charge in [-0.1, -0.05) is 48.5 Å². The van der Waals surface area contributed by atoms with Crippen molar-refractivity contribution in [3.8, 4) is 0 Å². The van der Waals surface area contributed by atoms with Gasteiger partial charge in [-0.05, 0) is 12.1 Å². The molecule has 1 aliphatic heterocycles. The van der Waals surface area contributed by atoms with Crippen LogP contribution in [0.1, 0.15) is 15.9 Å². The number of rotatable bonds is 5. The SMILES string of the molecule is O=C(N[C@H]1CS(=O)(=O)C[C@@H]1[NH2+]Cc1ccccc1)c1ccccc1. The number of benzene rings is 2. The zero-order chi connectivity index (χ0) is 17.0. The number of carbonyl (C=O) groups excluding carboxylic acids is 1. The summed E-state index contributed by atoms with van der Waals surface area (Å²) in [7, 11) is -3.12. The topological polar surface area (TPSA) is 79.8 Å². The monoisotopic (exact) mass is 345 g/mol. The molecule has 1 amide bonds. The summed E-state index contributed by atoms with van der Waals surface area (Å²) in [6, 6.07) is 18.2. The molecule has 1 fully saturated rings. The van der Waals surface area contributed by atoms with Crippen molar-refractivity contribution < 1.29 is 18.5 Å². The summed E-state index contributed by atoms with van der Waals surface area (Å²) in [4.78, 5) is 12.3. The van der Waals surface area contributed by atoms with Crippen LogP contribution in [0.2, 0.25) is 0 Å². The summed E-state index contributed by atoms with van der Waals surface area (Å²) < 4.78 is 24.0. The molecule has 0 bridgehead atoms. The fourth-order valence-corrected chi connectivity index (χ4v) is 4.97. The highest BCUT2D eigenvalue weighted by molar-refractivity contribution is 7.91. The first-order valence-electron chi connectivity index (χ1n) is 7.97. The molecule has 0 radical (unpaired) electrons. The second-order valence-electron chi connectivity index (χ2n) is 6.11. The molecule has 0 unspecified atom stereocenters. The molecule has 0 aliphatic carbocycles. The van der Waals surface area contributed by atoms with Crippen LogP contribution in [0.3, 0.4) is 0 Å². The Bertz CT molecular complexity index is 792. The third-order valence-corrected chi connectivity index (χ3v) is 6.01. The summed E-state index contributed by atoms with van der Waals surface area (Å²) in [6.45, 7) is 0.693. The second-order valence-corrected chi connectivity index (χ2v) is 8.27. The Morgan fingerprint density at radius 1 is 1.00 bits per heavy atom. The Morgan fingerprint density at radius 2 is 1.62 bits per heavy atom. The van der Waals surface area contributed by atoms with Crippen molar-refractivity contribution in [2.24, 2.45) is 0 Å². The molecule has 6 heteroatoms. The van der Waals surface area contributed by atoms with Crippen molar-refractivity contribution in [3.05, 3.63) is 71.8 Å². The number of amides is 1. The van der Waals surface area contributed by atoms with Crippen LogP contribution >= 0.6 is 0 Å². The van der Waals surface area contributed by atoms with E-state index in [2.05, 4.69) is 5.32 Å². The van der Waals surface area contributed by atoms with Crippen LogP contribution in [0.4, 0.5) is 0 Å². The molecule has 3 N–H and O–H groups in total. The van der Waals surface area contributed by atoms with Gasteiger partial charge >= 0.3 is 0 Å². The van der Waals surface area contributed by atoms with Crippen molar-refractivity contribution in [2.45, 2.75) is 18.6 Å². The van der Waals surface area contributed by atoms with E-state index in [1.54, 1.807) is 24.3 Å². The highest BCUT2D eigenvalue weighted by Gasteiger charge is 2.41. The first-order valence-corrected chi connectivity index (χ1v) is 9.79. The van der Waals surface area contributed by atoms with Gasteiger partial charge in [-0.25, -0.2) is 8.42 Å². The maximum Gasteiger partial charge on any atom is 0.251 e. The summed E-state index contributed by atoms with van der Waals surface area (Å²) >= 11 is 0. The van der Waals surface area contributed by atoms with E-state index in [1.807, 2.05) is 41.7 Å². The maximum atomic E-state index is 12.3. The molecule has 5 nitrogen and oxygen atoms in total. The van der Waals surface area contributed by atoms with E-state index in [0.29, 0.717) is 12.1 Å². The van der Waals surface area contributed by atoms with Crippen molar-refractivity contribution in [1.82, 2.24) is 5.32 Å². The Morgan fingerprint density at radius 3 is 2.29 bits per heavy atom. The van der Waals surface area contributed by atoms with Crippen LogP contribution in [0.15, 0.2) is 60.7 Å². The van der Waals surface area contributed by atoms with E-state index in [-0.39, 0.29) is 29.5 Å². The molecule has 0 aromatic heterocycles. The molecule has 0 spiro atoms. The first-order chi connectivity index (χ1) is 11.5. The average Bonchev–Trinajstić information content (AvgIpc) is 2.88. The minimum absolute atomic E-state index is 0.00152. The molecule has 2 atom stereocenters. The van der Waals surface area contributed by atoms with Crippen molar-refractivity contribution in [3.63, 3.8) is 0 Å². The highest BCUT2D eigenvalue weighted by Crippen LogP contribution is 2.11. The largest absolute Gasteiger partial charge is 0.342 e. The minimum atomic E-state index is -3.12. The van der Waals surface area contributed by atoms with E-state index in [4.69, 9.17) is 0 Å². The number of carbonyl (C=O) groups is 1. The number of hydrogen-bond donors (Lipinski definition) is 2. The number of nitrogens with two attached hydrogens (primary N) is 1. The van der Waals surface area contributed by atoms with Gasteiger partial charge in [-0.15, -0.1) is 0 Å². The lowest BCUT2D eigenvalue weighted by Crippen LogP contribution is -2.92. The normalized spacial score (nSPS) is 22.2. The summed E-state index contributed by atoms with van der Waals surface area (Å²) in [5.74, 6) is -0.128. The van der Waals surface area contributed by atoms with Gasteiger partial charge in [0.05, 0.1) is 11.8 Å². The van der Waals surface area contributed by atoms with E-state index in [0.717, 1.165) is 5.56 Å². The van der Waals surface area contributed by atoms with Gasteiger partial charge in [-0.2, -0.15) is 0 Å². The van der Waals surface area contributed by atoms with E-state index in [9.17, 15) is 13.2 Å². The summed E-state index contributed by atoms with van der Waals surface area (Å²) in [5, 5.41) is 4.90. The average molecular weight is 345 g/mol. The first kappa shape index (κ1) is 16.7. The van der Waals surface area contributed by atoms with Crippen LogP contribution in [0.25, 0.3) is 0 Å². The van der Waals surface area contributed by atoms with Crippen LogP contribution in [0.5, 0.6) is 0 Å². The lowest BCUT2D eigenvalue weighted by molar-refractivity contribution is -0.701. The third-order valence-electron chi connectivity index (χ3n) is 4.25. The number of nitrogens with one attached hydrogen (secondary N) is 1. The lowest BCUT2D eigenvalue weighted by atomic mass is 10.1. The molecule has 1 heterocycles. The van der Waals surface area contributed by atoms with Crippen LogP contribution < -0.4 is 10.6 Å². The summed E-state index contributed by atoms with van der Waals surface area (Å²) in [6.07, 6.45) is 0. The van der Waals surface area contributed by atoms with E-state index in [1.165, 1.54) is 0 Å². The molecule has 1 saturated heterocycles. The van der Waals surface area contributed by atoms with Crippen molar-refractivity contribution in [2.75, 3.05) is 11.5 Å². The fourth-order valence-electron chi connectivity index (χ4n) is 3.00. The quantitative estimate of drug-likeness (QED) is 0.820. The Balaban J connectivity index is 1.66. The number of sulfone groups is 1. The third kappa shape index (κ3) is 4.21. The smallest absolute Gasteiger partial charge is 0.251 e. The number of hydrogen-bond acceptors (Lipinski definition) is 3. The standard InChI is InChI=1S/C18H20N2O3S/c21-18(15-9-5-2-6-10-15)20-17-13-24(22,23)12-16(17)19-11-14-7-3-1-4-8-14/h1-10,16-17,19H,11-13H2,(H,20,21)/p+1/t16-,17-/m0/s1. The molecule has 126 valence electrons. The van der Waals surface area contributed by atoms with Crippen molar-refractivity contribution >= 4 is 15.7 Å². The van der Waals surface area contributed by atoms with Gasteiger partial charge in [0.15, 0.2) is 9.84 Å². The zero-order valence-corrected chi connectivity index (χ0v) is 14.1. The molecule has 3 rings (SSSR count). The van der Waals surface area contributed by atoms with Crippen LogP contribution in [0, 0.1) is 0 Å². The van der Waals surface area contributed by atoms with Gasteiger partial charge < -0.3 is 10.6 Å². The van der Waals surface area contributed by atoms with Gasteiger partial charge in [0.25, 0.3) is 5.91 Å². The molecular formula is C18H21N2O3S+. The maximum absolute atomic E-state index is 12.3. The molecule has 1 aliphatic rings. The molecule has 2 aromatic rings. The second kappa shape index (κ2) is 7.15. The van der Waals surface area contributed by atoms with E-state index < -0.39 is 9.84 Å². The molecule has 24 heavy (non-hydrogen) atoms. The van der Waals surface area contributed by atoms with Gasteiger partial charge in [-0.3, -0.25) is 4.79 Å². The van der Waals surface area contributed by atoms with Crippen molar-refractivity contribution in [1.29, 1.82) is 0 Å². The molecule has 0 saturated carbocycles. The zero-order valence-electron chi connectivity index (χ0n) is 13.3. The fraction of sp³-hybridized carbons (Fsp3) is 0.278. The van der Waals surface area contributed by atoms with Gasteiger partial charge in [0.1, 0.15) is 18.3 Å². The Labute approximate surface area is 142 Å². The lowest BCUT2D eigenvalue weighted by Gasteiger charge is -2.18. The van der Waals surface area contributed by atoms with Gasteiger partial charge in [0, 0.05) is 11.1 Å². The highest BCUT2D eigenvalue weighted by atomic mass is 32.2. The predicted molar refractivity (Wildman–Crippen MR) is 92.2 cm³/mol. The summed E-state index contributed by atoms with van der Waals surface area (Å²) in [5.41, 5.74) is 1.68. The Hall–Kier alpha value is -2.18. The minimum Gasteiger partial charge on any atom is -0.342 e.